The van der Waals surface area contributed by atoms with Crippen LogP contribution in [0.4, 0.5) is 8.78 Å². The van der Waals surface area contributed by atoms with E-state index >= 15 is 0 Å². The Morgan fingerprint density at radius 2 is 2.06 bits per heavy atom. The van der Waals surface area contributed by atoms with Crippen molar-refractivity contribution in [1.29, 1.82) is 0 Å². The zero-order valence-corrected chi connectivity index (χ0v) is 10.3. The SMILES string of the molecule is Cc1cc(=O)[nH]c(-c2ccc(F)c(F)c2Br)n1. The first kappa shape index (κ1) is 11.9. The largest absolute Gasteiger partial charge is 0.306 e. The number of hydrogen-bond acceptors (Lipinski definition) is 2. The van der Waals surface area contributed by atoms with Gasteiger partial charge in [-0.3, -0.25) is 4.79 Å². The third-order valence-corrected chi connectivity index (χ3v) is 2.94. The van der Waals surface area contributed by atoms with Gasteiger partial charge in [0.05, 0.1) is 4.47 Å². The summed E-state index contributed by atoms with van der Waals surface area (Å²) in [4.78, 5) is 17.8. The van der Waals surface area contributed by atoms with Gasteiger partial charge in [-0.1, -0.05) is 0 Å². The maximum Gasteiger partial charge on any atom is 0.251 e. The molecule has 0 fully saturated rings. The second-order valence-electron chi connectivity index (χ2n) is 3.46. The number of nitrogens with one attached hydrogen (secondary N) is 1. The van der Waals surface area contributed by atoms with Gasteiger partial charge in [0.1, 0.15) is 5.82 Å². The van der Waals surface area contributed by atoms with Crippen LogP contribution in [0.3, 0.4) is 0 Å². The van der Waals surface area contributed by atoms with E-state index in [0.29, 0.717) is 11.3 Å². The van der Waals surface area contributed by atoms with Crippen LogP contribution in [-0.2, 0) is 0 Å². The van der Waals surface area contributed by atoms with Gasteiger partial charge in [-0.2, -0.15) is 0 Å². The lowest BCUT2D eigenvalue weighted by Gasteiger charge is -2.05. The summed E-state index contributed by atoms with van der Waals surface area (Å²) in [5, 5.41) is 0. The Hall–Kier alpha value is -1.56. The minimum atomic E-state index is -1.01. The number of rotatable bonds is 1. The van der Waals surface area contributed by atoms with Crippen LogP contribution in [0.25, 0.3) is 11.4 Å². The van der Waals surface area contributed by atoms with Crippen LogP contribution in [0, 0.1) is 18.6 Å². The van der Waals surface area contributed by atoms with Gasteiger partial charge in [0, 0.05) is 17.3 Å². The minimum Gasteiger partial charge on any atom is -0.306 e. The van der Waals surface area contributed by atoms with Crippen molar-refractivity contribution in [1.82, 2.24) is 9.97 Å². The van der Waals surface area contributed by atoms with Crippen molar-refractivity contribution in [2.45, 2.75) is 6.92 Å². The average molecular weight is 301 g/mol. The zero-order chi connectivity index (χ0) is 12.6. The average Bonchev–Trinajstić information content (AvgIpc) is 2.24. The Morgan fingerprint density at radius 3 is 2.71 bits per heavy atom. The summed E-state index contributed by atoms with van der Waals surface area (Å²) >= 11 is 2.94. The predicted octanol–water partition coefficient (Wildman–Crippen LogP) is 2.79. The molecule has 0 aliphatic carbocycles. The molecule has 0 aliphatic heterocycles. The molecule has 3 nitrogen and oxygen atoms in total. The molecule has 2 aromatic rings. The fourth-order valence-corrected chi connectivity index (χ4v) is 1.92. The van der Waals surface area contributed by atoms with Crippen molar-refractivity contribution < 1.29 is 8.78 Å². The fraction of sp³-hybridized carbons (Fsp3) is 0.0909. The van der Waals surface area contributed by atoms with Gasteiger partial charge in [-0.15, -0.1) is 0 Å². The Kier molecular flexibility index (Phi) is 3.06. The molecule has 17 heavy (non-hydrogen) atoms. The van der Waals surface area contributed by atoms with Crippen LogP contribution in [0.1, 0.15) is 5.69 Å². The van der Waals surface area contributed by atoms with Crippen molar-refractivity contribution in [3.63, 3.8) is 0 Å². The fourth-order valence-electron chi connectivity index (χ4n) is 1.42. The van der Waals surface area contributed by atoms with Gasteiger partial charge < -0.3 is 4.98 Å². The molecule has 2 rings (SSSR count). The van der Waals surface area contributed by atoms with E-state index in [-0.39, 0.29) is 15.9 Å². The molecule has 0 amide bonds. The number of aryl methyl sites for hydroxylation is 1. The number of halogens is 3. The Balaban J connectivity index is 2.69. The second kappa shape index (κ2) is 4.37. The Morgan fingerprint density at radius 1 is 1.35 bits per heavy atom. The van der Waals surface area contributed by atoms with Gasteiger partial charge >= 0.3 is 0 Å². The summed E-state index contributed by atoms with van der Waals surface area (Å²) in [7, 11) is 0. The van der Waals surface area contributed by atoms with Crippen molar-refractivity contribution >= 4 is 15.9 Å². The van der Waals surface area contributed by atoms with Crippen LogP contribution in [0.2, 0.25) is 0 Å². The molecule has 0 saturated heterocycles. The van der Waals surface area contributed by atoms with E-state index in [1.54, 1.807) is 6.92 Å². The minimum absolute atomic E-state index is 0.0637. The molecule has 6 heteroatoms. The highest BCUT2D eigenvalue weighted by atomic mass is 79.9. The molecule has 1 aromatic carbocycles. The molecule has 0 bridgehead atoms. The van der Waals surface area contributed by atoms with Crippen LogP contribution < -0.4 is 5.56 Å². The van der Waals surface area contributed by atoms with E-state index in [9.17, 15) is 13.6 Å². The maximum atomic E-state index is 13.3. The van der Waals surface area contributed by atoms with Crippen molar-refractivity contribution in [2.24, 2.45) is 0 Å². The lowest BCUT2D eigenvalue weighted by Crippen LogP contribution is -2.09. The van der Waals surface area contributed by atoms with Crippen LogP contribution in [0.15, 0.2) is 27.5 Å². The van der Waals surface area contributed by atoms with Gasteiger partial charge in [0.25, 0.3) is 5.56 Å². The second-order valence-corrected chi connectivity index (χ2v) is 4.25. The number of H-pyrrole nitrogens is 1. The molecule has 1 heterocycles. The highest BCUT2D eigenvalue weighted by Gasteiger charge is 2.14. The van der Waals surface area contributed by atoms with Gasteiger partial charge in [-0.25, -0.2) is 13.8 Å². The normalized spacial score (nSPS) is 10.6. The van der Waals surface area contributed by atoms with E-state index in [4.69, 9.17) is 0 Å². The monoisotopic (exact) mass is 300 g/mol. The van der Waals surface area contributed by atoms with Crippen molar-refractivity contribution in [2.75, 3.05) is 0 Å². The summed E-state index contributed by atoms with van der Waals surface area (Å²) in [5.74, 6) is -1.77. The van der Waals surface area contributed by atoms with Crippen LogP contribution >= 0.6 is 15.9 Å². The van der Waals surface area contributed by atoms with E-state index in [1.165, 1.54) is 12.1 Å². The van der Waals surface area contributed by atoms with Crippen LogP contribution in [0.5, 0.6) is 0 Å². The molecule has 1 N–H and O–H groups in total. The quantitative estimate of drug-likeness (QED) is 0.823. The lowest BCUT2D eigenvalue weighted by atomic mass is 10.2. The lowest BCUT2D eigenvalue weighted by molar-refractivity contribution is 0.504. The van der Waals surface area contributed by atoms with Gasteiger partial charge in [0.2, 0.25) is 0 Å². The third-order valence-electron chi connectivity index (χ3n) is 2.16. The number of aromatic nitrogens is 2. The molecule has 0 unspecified atom stereocenters. The molecular weight excluding hydrogens is 294 g/mol. The van der Waals surface area contributed by atoms with Gasteiger partial charge in [-0.05, 0) is 35.0 Å². The summed E-state index contributed by atoms with van der Waals surface area (Å²) in [6.45, 7) is 1.65. The summed E-state index contributed by atoms with van der Waals surface area (Å²) in [6.07, 6.45) is 0. The van der Waals surface area contributed by atoms with E-state index in [0.717, 1.165) is 6.07 Å². The molecule has 88 valence electrons. The third kappa shape index (κ3) is 2.26. The molecule has 0 aliphatic rings. The summed E-state index contributed by atoms with van der Waals surface area (Å²) in [6, 6.07) is 3.65. The number of nitrogens with zero attached hydrogens (tertiary/aromatic N) is 1. The summed E-state index contributed by atoms with van der Waals surface area (Å²) in [5.41, 5.74) is 0.453. The first-order chi connectivity index (χ1) is 7.99. The molecule has 1 aromatic heterocycles. The number of benzene rings is 1. The summed E-state index contributed by atoms with van der Waals surface area (Å²) < 4.78 is 26.2. The smallest absolute Gasteiger partial charge is 0.251 e. The number of aromatic amines is 1. The van der Waals surface area contributed by atoms with Crippen molar-refractivity contribution in [3.05, 3.63) is 50.4 Å². The number of hydrogen-bond donors (Lipinski definition) is 1. The Labute approximate surface area is 104 Å². The maximum absolute atomic E-state index is 13.3. The zero-order valence-electron chi connectivity index (χ0n) is 8.72. The van der Waals surface area contributed by atoms with E-state index in [1.807, 2.05) is 0 Å². The highest BCUT2D eigenvalue weighted by molar-refractivity contribution is 9.10. The topological polar surface area (TPSA) is 45.8 Å². The molecule has 0 spiro atoms. The molecule has 0 saturated carbocycles. The molecule has 0 radical (unpaired) electrons. The van der Waals surface area contributed by atoms with Gasteiger partial charge in [0.15, 0.2) is 11.6 Å². The molecule has 0 atom stereocenters. The Bertz CT molecular complexity index is 640. The first-order valence-corrected chi connectivity index (χ1v) is 5.50. The van der Waals surface area contributed by atoms with E-state index < -0.39 is 11.6 Å². The van der Waals surface area contributed by atoms with Crippen LogP contribution in [-0.4, -0.2) is 9.97 Å². The molecular formula is C11H7BrF2N2O. The highest BCUT2D eigenvalue weighted by Crippen LogP contribution is 2.29. The van der Waals surface area contributed by atoms with E-state index in [2.05, 4.69) is 25.9 Å². The first-order valence-electron chi connectivity index (χ1n) is 4.71. The van der Waals surface area contributed by atoms with Crippen molar-refractivity contribution in [3.8, 4) is 11.4 Å². The standard InChI is InChI=1S/C11H7BrF2N2O/c1-5-4-8(17)16-11(15-5)6-2-3-7(13)10(14)9(6)12/h2-4H,1H3,(H,15,16,17). The predicted molar refractivity (Wildman–Crippen MR) is 62.6 cm³/mol.